The second-order valence-electron chi connectivity index (χ2n) is 3.26. The molecule has 0 saturated heterocycles. The van der Waals surface area contributed by atoms with Crippen LogP contribution in [-0.2, 0) is 11.2 Å². The number of hydrogen-bond donors (Lipinski definition) is 2. The first-order chi connectivity index (χ1) is 6.68. The van der Waals surface area contributed by atoms with E-state index in [0.29, 0.717) is 13.0 Å². The molecule has 0 fully saturated rings. The Hall–Kier alpha value is -0.360. The largest absolute Gasteiger partial charge is 0.356 e. The Morgan fingerprint density at radius 2 is 2.31 bits per heavy atom. The van der Waals surface area contributed by atoms with Crippen molar-refractivity contribution in [2.45, 2.75) is 25.8 Å². The van der Waals surface area contributed by atoms with Gasteiger partial charge in [0.05, 0.1) is 11.2 Å². The van der Waals surface area contributed by atoms with Gasteiger partial charge in [-0.2, -0.15) is 0 Å². The molecule has 3 N–H and O–H groups in total. The molecule has 1 aromatic heterocycles. The van der Waals surface area contributed by atoms with Crippen molar-refractivity contribution < 1.29 is 4.79 Å². The van der Waals surface area contributed by atoms with Crippen LogP contribution >= 0.6 is 36.2 Å². The van der Waals surface area contributed by atoms with Gasteiger partial charge in [-0.15, -0.1) is 36.2 Å². The molecule has 0 bridgehead atoms. The molecule has 1 aromatic rings. The first-order valence-corrected chi connectivity index (χ1v) is 5.52. The predicted molar refractivity (Wildman–Crippen MR) is 71.6 cm³/mol. The Morgan fingerprint density at radius 1 is 1.62 bits per heavy atom. The van der Waals surface area contributed by atoms with Gasteiger partial charge in [-0.25, -0.2) is 4.98 Å². The zero-order chi connectivity index (χ0) is 10.4. The van der Waals surface area contributed by atoms with Crippen LogP contribution in [0.5, 0.6) is 0 Å². The second-order valence-corrected chi connectivity index (χ2v) is 3.98. The number of hydrogen-bond acceptors (Lipinski definition) is 4. The van der Waals surface area contributed by atoms with E-state index in [2.05, 4.69) is 10.3 Å². The lowest BCUT2D eigenvalue weighted by Crippen LogP contribution is -2.31. The van der Waals surface area contributed by atoms with Crippen molar-refractivity contribution in [2.24, 2.45) is 5.73 Å². The molecule has 7 heteroatoms. The van der Waals surface area contributed by atoms with Crippen molar-refractivity contribution in [2.75, 3.05) is 6.54 Å². The van der Waals surface area contributed by atoms with Gasteiger partial charge in [-0.05, 0) is 6.92 Å². The molecular weight excluding hydrogens is 269 g/mol. The monoisotopic (exact) mass is 285 g/mol. The number of nitrogens with one attached hydrogen (secondary N) is 1. The van der Waals surface area contributed by atoms with Crippen LogP contribution in [0.3, 0.4) is 0 Å². The molecule has 0 aromatic carbocycles. The smallest absolute Gasteiger partial charge is 0.221 e. The molecule has 0 saturated carbocycles. The summed E-state index contributed by atoms with van der Waals surface area (Å²) in [6.45, 7) is 2.45. The lowest BCUT2D eigenvalue weighted by Gasteiger charge is -2.05. The van der Waals surface area contributed by atoms with E-state index in [4.69, 9.17) is 5.73 Å². The molecule has 4 nitrogen and oxygen atoms in total. The van der Waals surface area contributed by atoms with Crippen molar-refractivity contribution in [1.29, 1.82) is 0 Å². The van der Waals surface area contributed by atoms with Gasteiger partial charge in [0.1, 0.15) is 0 Å². The minimum Gasteiger partial charge on any atom is -0.356 e. The molecule has 0 radical (unpaired) electrons. The average molecular weight is 286 g/mol. The normalized spacial score (nSPS) is 10.9. The molecule has 16 heavy (non-hydrogen) atoms. The SMILES string of the molecule is CC(N)CC(=O)NCCc1cscn1.Cl.Cl. The van der Waals surface area contributed by atoms with Gasteiger partial charge in [0, 0.05) is 30.8 Å². The van der Waals surface area contributed by atoms with E-state index in [1.807, 2.05) is 12.3 Å². The van der Waals surface area contributed by atoms with E-state index in [-0.39, 0.29) is 36.8 Å². The van der Waals surface area contributed by atoms with Crippen LogP contribution in [0.4, 0.5) is 0 Å². The molecule has 0 aliphatic rings. The predicted octanol–water partition coefficient (Wildman–Crippen LogP) is 1.38. The molecule has 0 aliphatic heterocycles. The molecule has 1 unspecified atom stereocenters. The molecule has 1 amide bonds. The van der Waals surface area contributed by atoms with Crippen LogP contribution in [0.15, 0.2) is 10.9 Å². The number of nitrogens with two attached hydrogens (primary N) is 1. The zero-order valence-corrected chi connectivity index (χ0v) is 11.5. The number of nitrogens with zero attached hydrogens (tertiary/aromatic N) is 1. The molecule has 0 spiro atoms. The van der Waals surface area contributed by atoms with Crippen LogP contribution in [0, 0.1) is 0 Å². The van der Waals surface area contributed by atoms with E-state index in [1.54, 1.807) is 16.8 Å². The lowest BCUT2D eigenvalue weighted by molar-refractivity contribution is -0.121. The van der Waals surface area contributed by atoms with Gasteiger partial charge in [-0.1, -0.05) is 0 Å². The van der Waals surface area contributed by atoms with E-state index >= 15 is 0 Å². The summed E-state index contributed by atoms with van der Waals surface area (Å²) in [7, 11) is 0. The van der Waals surface area contributed by atoms with Crippen molar-refractivity contribution >= 4 is 42.1 Å². The first kappa shape index (κ1) is 18.0. The highest BCUT2D eigenvalue weighted by atomic mass is 35.5. The summed E-state index contributed by atoms with van der Waals surface area (Å²) in [6, 6.07) is -0.0747. The third-order valence-electron chi connectivity index (χ3n) is 1.69. The van der Waals surface area contributed by atoms with Gasteiger partial charge in [-0.3, -0.25) is 4.79 Å². The summed E-state index contributed by atoms with van der Waals surface area (Å²) in [4.78, 5) is 15.3. The third-order valence-corrected chi connectivity index (χ3v) is 2.33. The molecule has 1 atom stereocenters. The first-order valence-electron chi connectivity index (χ1n) is 4.58. The molecule has 94 valence electrons. The maximum atomic E-state index is 11.2. The van der Waals surface area contributed by atoms with Crippen LogP contribution < -0.4 is 11.1 Å². The highest BCUT2D eigenvalue weighted by Crippen LogP contribution is 2.00. The number of carbonyl (C=O) groups is 1. The van der Waals surface area contributed by atoms with Gasteiger partial charge in [0.2, 0.25) is 5.91 Å². The number of rotatable bonds is 5. The standard InChI is InChI=1S/C9H15N3OS.2ClH/c1-7(10)4-9(13)11-3-2-8-5-14-6-12-8;;/h5-7H,2-4,10H2,1H3,(H,11,13);2*1H. The summed E-state index contributed by atoms with van der Waals surface area (Å²) in [5.41, 5.74) is 8.30. The maximum absolute atomic E-state index is 11.2. The molecule has 0 aliphatic carbocycles. The lowest BCUT2D eigenvalue weighted by atomic mass is 10.2. The van der Waals surface area contributed by atoms with Gasteiger partial charge < -0.3 is 11.1 Å². The fraction of sp³-hybridized carbons (Fsp3) is 0.556. The Balaban J connectivity index is 0. The summed E-state index contributed by atoms with van der Waals surface area (Å²) < 4.78 is 0. The second kappa shape index (κ2) is 9.84. The quantitative estimate of drug-likeness (QED) is 0.859. The fourth-order valence-electron chi connectivity index (χ4n) is 1.06. The van der Waals surface area contributed by atoms with Crippen molar-refractivity contribution in [3.05, 3.63) is 16.6 Å². The number of amides is 1. The van der Waals surface area contributed by atoms with Crippen LogP contribution in [-0.4, -0.2) is 23.5 Å². The molecule has 1 rings (SSSR count). The minimum atomic E-state index is -0.0747. The summed E-state index contributed by atoms with van der Waals surface area (Å²) in [6.07, 6.45) is 1.17. The average Bonchev–Trinajstić information content (AvgIpc) is 2.55. The Kier molecular flexibility index (Phi) is 11.1. The van der Waals surface area contributed by atoms with Gasteiger partial charge in [0.15, 0.2) is 0 Å². The van der Waals surface area contributed by atoms with Crippen LogP contribution in [0.1, 0.15) is 19.0 Å². The van der Waals surface area contributed by atoms with Gasteiger partial charge >= 0.3 is 0 Å². The summed E-state index contributed by atoms with van der Waals surface area (Å²) in [5.74, 6) is 0.00947. The number of thiazole rings is 1. The van der Waals surface area contributed by atoms with Crippen molar-refractivity contribution in [3.63, 3.8) is 0 Å². The van der Waals surface area contributed by atoms with Gasteiger partial charge in [0.25, 0.3) is 0 Å². The van der Waals surface area contributed by atoms with E-state index in [1.165, 1.54) is 0 Å². The number of halogens is 2. The highest BCUT2D eigenvalue weighted by molar-refractivity contribution is 7.07. The maximum Gasteiger partial charge on any atom is 0.221 e. The molecular formula is C9H17Cl2N3OS. The van der Waals surface area contributed by atoms with Crippen molar-refractivity contribution in [3.8, 4) is 0 Å². The topological polar surface area (TPSA) is 68.0 Å². The van der Waals surface area contributed by atoms with E-state index < -0.39 is 0 Å². The Morgan fingerprint density at radius 3 is 2.81 bits per heavy atom. The third kappa shape index (κ3) is 7.87. The minimum absolute atomic E-state index is 0. The Labute approximate surface area is 112 Å². The zero-order valence-electron chi connectivity index (χ0n) is 9.01. The molecule has 1 heterocycles. The number of aromatic nitrogens is 1. The fourth-order valence-corrected chi connectivity index (χ4v) is 1.65. The van der Waals surface area contributed by atoms with E-state index in [0.717, 1.165) is 12.1 Å². The van der Waals surface area contributed by atoms with E-state index in [9.17, 15) is 4.79 Å². The highest BCUT2D eigenvalue weighted by Gasteiger charge is 2.03. The summed E-state index contributed by atoms with van der Waals surface area (Å²) >= 11 is 1.57. The number of carbonyl (C=O) groups excluding carboxylic acids is 1. The van der Waals surface area contributed by atoms with Crippen molar-refractivity contribution in [1.82, 2.24) is 10.3 Å². The Bertz CT molecular complexity index is 280. The van der Waals surface area contributed by atoms with Crippen LogP contribution in [0.2, 0.25) is 0 Å². The summed E-state index contributed by atoms with van der Waals surface area (Å²) in [5, 5.41) is 4.78. The van der Waals surface area contributed by atoms with Crippen LogP contribution in [0.25, 0.3) is 0 Å².